The van der Waals surface area contributed by atoms with Crippen molar-refractivity contribution in [2.24, 2.45) is 0 Å². The Morgan fingerprint density at radius 2 is 1.67 bits per heavy atom. The Bertz CT molecular complexity index is 1010. The number of aromatic nitrogens is 2. The van der Waals surface area contributed by atoms with E-state index < -0.39 is 0 Å². The lowest BCUT2D eigenvalue weighted by Crippen LogP contribution is -2.48. The fourth-order valence-corrected chi connectivity index (χ4v) is 3.82. The van der Waals surface area contributed by atoms with Crippen molar-refractivity contribution in [2.45, 2.75) is 33.0 Å². The van der Waals surface area contributed by atoms with Gasteiger partial charge in [-0.15, -0.1) is 0 Å². The monoisotopic (exact) mass is 405 g/mol. The van der Waals surface area contributed by atoms with Crippen LogP contribution in [0.25, 0.3) is 16.9 Å². The zero-order valence-corrected chi connectivity index (χ0v) is 17.8. The molecule has 1 aliphatic rings. The predicted molar refractivity (Wildman–Crippen MR) is 116 cm³/mol. The molecule has 0 spiro atoms. The fraction of sp³-hybridized carbons (Fsp3) is 0.333. The van der Waals surface area contributed by atoms with Gasteiger partial charge in [0, 0.05) is 18.7 Å². The number of carbonyl (C=O) groups excluding carboxylic acids is 1. The number of rotatable bonds is 4. The molecule has 0 radical (unpaired) electrons. The first-order valence-electron chi connectivity index (χ1n) is 10.2. The Morgan fingerprint density at radius 3 is 2.27 bits per heavy atom. The van der Waals surface area contributed by atoms with Crippen LogP contribution in [0, 0.1) is 6.92 Å². The average Bonchev–Trinajstić information content (AvgIpc) is 3.18. The van der Waals surface area contributed by atoms with E-state index >= 15 is 0 Å². The minimum atomic E-state index is -0.0372. The van der Waals surface area contributed by atoms with E-state index in [1.807, 2.05) is 80.3 Å². The van der Waals surface area contributed by atoms with E-state index in [0.29, 0.717) is 18.8 Å². The molecule has 1 aliphatic heterocycles. The molecule has 0 aliphatic carbocycles. The van der Waals surface area contributed by atoms with Gasteiger partial charge in [-0.3, -0.25) is 4.79 Å². The molecule has 2 heterocycles. The molecule has 2 unspecified atom stereocenters. The van der Waals surface area contributed by atoms with Crippen molar-refractivity contribution in [1.29, 1.82) is 0 Å². The summed E-state index contributed by atoms with van der Waals surface area (Å²) >= 11 is 0. The third-order valence-electron chi connectivity index (χ3n) is 5.30. The van der Waals surface area contributed by atoms with E-state index in [0.717, 1.165) is 28.3 Å². The van der Waals surface area contributed by atoms with E-state index in [1.54, 1.807) is 11.8 Å². The molecule has 4 rings (SSSR count). The zero-order valence-electron chi connectivity index (χ0n) is 17.8. The second-order valence-electron chi connectivity index (χ2n) is 7.86. The van der Waals surface area contributed by atoms with Crippen molar-refractivity contribution in [3.63, 3.8) is 0 Å². The van der Waals surface area contributed by atoms with Gasteiger partial charge < -0.3 is 14.4 Å². The molecule has 0 saturated carbocycles. The van der Waals surface area contributed by atoms with Crippen LogP contribution in [0.3, 0.4) is 0 Å². The lowest BCUT2D eigenvalue weighted by molar-refractivity contribution is -0.0588. The van der Waals surface area contributed by atoms with Crippen LogP contribution in [-0.4, -0.2) is 53.0 Å². The van der Waals surface area contributed by atoms with Crippen molar-refractivity contribution < 1.29 is 14.3 Å². The Morgan fingerprint density at radius 1 is 1.03 bits per heavy atom. The molecule has 2 aromatic carbocycles. The maximum Gasteiger partial charge on any atom is 0.272 e. The van der Waals surface area contributed by atoms with Crippen LogP contribution in [0.2, 0.25) is 0 Å². The van der Waals surface area contributed by atoms with E-state index in [1.165, 1.54) is 0 Å². The quantitative estimate of drug-likeness (QED) is 0.656. The van der Waals surface area contributed by atoms with Gasteiger partial charge in [-0.1, -0.05) is 17.7 Å². The molecule has 0 N–H and O–H groups in total. The van der Waals surface area contributed by atoms with Crippen LogP contribution in [-0.2, 0) is 4.74 Å². The van der Waals surface area contributed by atoms with Crippen molar-refractivity contribution in [3.8, 4) is 22.7 Å². The Labute approximate surface area is 177 Å². The third kappa shape index (κ3) is 4.09. The molecule has 1 saturated heterocycles. The van der Waals surface area contributed by atoms with Crippen LogP contribution >= 0.6 is 0 Å². The number of aryl methyl sites for hydroxylation is 1. The van der Waals surface area contributed by atoms with Crippen LogP contribution in [0.4, 0.5) is 0 Å². The zero-order chi connectivity index (χ0) is 21.3. The summed E-state index contributed by atoms with van der Waals surface area (Å²) in [6.45, 7) is 7.17. The van der Waals surface area contributed by atoms with Crippen molar-refractivity contribution in [1.82, 2.24) is 14.7 Å². The topological polar surface area (TPSA) is 56.6 Å². The normalized spacial score (nSPS) is 19.0. The molecular weight excluding hydrogens is 378 g/mol. The molecule has 6 heteroatoms. The van der Waals surface area contributed by atoms with Crippen LogP contribution in [0.5, 0.6) is 5.75 Å². The fourth-order valence-electron chi connectivity index (χ4n) is 3.82. The Kier molecular flexibility index (Phi) is 5.59. The highest BCUT2D eigenvalue weighted by Crippen LogP contribution is 2.26. The summed E-state index contributed by atoms with van der Waals surface area (Å²) in [6.07, 6.45) is 0.0176. The molecular formula is C24H27N3O3. The molecule has 156 valence electrons. The third-order valence-corrected chi connectivity index (χ3v) is 5.30. The first-order valence-corrected chi connectivity index (χ1v) is 10.2. The second-order valence-corrected chi connectivity index (χ2v) is 7.86. The number of carbonyl (C=O) groups is 1. The van der Waals surface area contributed by atoms with Gasteiger partial charge >= 0.3 is 0 Å². The molecule has 3 aromatic rings. The summed E-state index contributed by atoms with van der Waals surface area (Å²) in [5, 5.41) is 4.79. The SMILES string of the molecule is COc1ccc(-c2cc(C(=O)N3CC(C)OC(C)C3)n(-c3ccc(C)cc3)n2)cc1. The highest BCUT2D eigenvalue weighted by molar-refractivity contribution is 5.94. The number of amides is 1. The minimum absolute atomic E-state index is 0.00880. The van der Waals surface area contributed by atoms with Gasteiger partial charge in [-0.25, -0.2) is 4.68 Å². The highest BCUT2D eigenvalue weighted by atomic mass is 16.5. The van der Waals surface area contributed by atoms with Gasteiger partial charge in [0.2, 0.25) is 0 Å². The first kappa shape index (κ1) is 20.2. The molecule has 6 nitrogen and oxygen atoms in total. The van der Waals surface area contributed by atoms with Gasteiger partial charge in [-0.2, -0.15) is 5.10 Å². The smallest absolute Gasteiger partial charge is 0.272 e. The number of ether oxygens (including phenoxy) is 2. The van der Waals surface area contributed by atoms with E-state index in [-0.39, 0.29) is 18.1 Å². The lowest BCUT2D eigenvalue weighted by atomic mass is 10.1. The van der Waals surface area contributed by atoms with Gasteiger partial charge in [0.25, 0.3) is 5.91 Å². The van der Waals surface area contributed by atoms with Gasteiger partial charge in [0.1, 0.15) is 11.4 Å². The Hall–Kier alpha value is -3.12. The highest BCUT2D eigenvalue weighted by Gasteiger charge is 2.29. The number of morpholine rings is 1. The Balaban J connectivity index is 1.75. The number of methoxy groups -OCH3 is 1. The maximum atomic E-state index is 13.5. The molecule has 0 bridgehead atoms. The summed E-state index contributed by atoms with van der Waals surface area (Å²) in [7, 11) is 1.64. The standard InChI is InChI=1S/C24H27N3O3/c1-16-5-9-20(10-6-16)27-23(24(28)26-14-17(2)30-18(3)15-26)13-22(25-27)19-7-11-21(29-4)12-8-19/h5-13,17-18H,14-15H2,1-4H3. The molecule has 1 aromatic heterocycles. The molecule has 30 heavy (non-hydrogen) atoms. The number of hydrogen-bond donors (Lipinski definition) is 0. The number of hydrogen-bond acceptors (Lipinski definition) is 4. The number of benzene rings is 2. The molecule has 1 amide bonds. The first-order chi connectivity index (χ1) is 14.4. The van der Waals surface area contributed by atoms with Crippen molar-refractivity contribution in [2.75, 3.05) is 20.2 Å². The van der Waals surface area contributed by atoms with Crippen LogP contribution in [0.1, 0.15) is 29.9 Å². The lowest BCUT2D eigenvalue weighted by Gasteiger charge is -2.35. The van der Waals surface area contributed by atoms with Crippen LogP contribution < -0.4 is 4.74 Å². The van der Waals surface area contributed by atoms with Crippen molar-refractivity contribution >= 4 is 5.91 Å². The van der Waals surface area contributed by atoms with E-state index in [4.69, 9.17) is 14.6 Å². The van der Waals surface area contributed by atoms with Crippen molar-refractivity contribution in [3.05, 3.63) is 65.9 Å². The minimum Gasteiger partial charge on any atom is -0.497 e. The molecule has 2 atom stereocenters. The number of nitrogens with zero attached hydrogens (tertiary/aromatic N) is 3. The summed E-state index contributed by atoms with van der Waals surface area (Å²) in [4.78, 5) is 15.3. The largest absolute Gasteiger partial charge is 0.497 e. The van der Waals surface area contributed by atoms with Gasteiger partial charge in [0.05, 0.1) is 30.7 Å². The van der Waals surface area contributed by atoms with E-state index in [9.17, 15) is 4.79 Å². The van der Waals surface area contributed by atoms with Gasteiger partial charge in [-0.05, 0) is 63.2 Å². The second kappa shape index (κ2) is 8.32. The summed E-state index contributed by atoms with van der Waals surface area (Å²) in [5.74, 6) is 0.745. The summed E-state index contributed by atoms with van der Waals surface area (Å²) in [6, 6.07) is 17.6. The predicted octanol–water partition coefficient (Wildman–Crippen LogP) is 4.11. The summed E-state index contributed by atoms with van der Waals surface area (Å²) < 4.78 is 12.8. The van der Waals surface area contributed by atoms with Crippen LogP contribution in [0.15, 0.2) is 54.6 Å². The maximum absolute atomic E-state index is 13.5. The van der Waals surface area contributed by atoms with Gasteiger partial charge in [0.15, 0.2) is 0 Å². The summed E-state index contributed by atoms with van der Waals surface area (Å²) in [5.41, 5.74) is 4.24. The molecule has 1 fully saturated rings. The van der Waals surface area contributed by atoms with E-state index in [2.05, 4.69) is 0 Å². The average molecular weight is 405 g/mol.